The SMILES string of the molecule is CCN(CC1CCNCC1)c1ccnc(C(=O)NC)c1. The highest BCUT2D eigenvalue weighted by atomic mass is 16.1. The summed E-state index contributed by atoms with van der Waals surface area (Å²) >= 11 is 0. The van der Waals surface area contributed by atoms with Crippen molar-refractivity contribution in [3.05, 3.63) is 24.0 Å². The molecule has 110 valence electrons. The highest BCUT2D eigenvalue weighted by Gasteiger charge is 2.17. The second-order valence-electron chi connectivity index (χ2n) is 5.21. The van der Waals surface area contributed by atoms with Crippen LogP contribution in [0.15, 0.2) is 18.3 Å². The van der Waals surface area contributed by atoms with E-state index in [1.807, 2.05) is 12.1 Å². The van der Waals surface area contributed by atoms with Crippen LogP contribution < -0.4 is 15.5 Å². The number of nitrogens with one attached hydrogen (secondary N) is 2. The van der Waals surface area contributed by atoms with Gasteiger partial charge in [0.05, 0.1) is 0 Å². The van der Waals surface area contributed by atoms with Gasteiger partial charge in [-0.05, 0) is 50.9 Å². The lowest BCUT2D eigenvalue weighted by atomic mass is 9.97. The average Bonchev–Trinajstić information content (AvgIpc) is 2.53. The molecule has 1 aliphatic heterocycles. The molecule has 1 aliphatic rings. The number of aromatic nitrogens is 1. The first-order valence-corrected chi connectivity index (χ1v) is 7.38. The molecule has 1 saturated heterocycles. The van der Waals surface area contributed by atoms with Gasteiger partial charge in [-0.1, -0.05) is 0 Å². The lowest BCUT2D eigenvalue weighted by Crippen LogP contribution is -2.36. The second kappa shape index (κ2) is 7.24. The van der Waals surface area contributed by atoms with E-state index in [0.717, 1.165) is 37.8 Å². The van der Waals surface area contributed by atoms with Crippen LogP contribution in [0.3, 0.4) is 0 Å². The standard InChI is InChI=1S/C15H24N4O/c1-3-19(11-12-4-7-17-8-5-12)13-6-9-18-14(10-13)15(20)16-2/h6,9-10,12,17H,3-5,7-8,11H2,1-2H3,(H,16,20). The molecule has 0 bridgehead atoms. The molecule has 1 amide bonds. The van der Waals surface area contributed by atoms with Gasteiger partial charge < -0.3 is 15.5 Å². The number of piperidine rings is 1. The lowest BCUT2D eigenvalue weighted by Gasteiger charge is -2.31. The maximum Gasteiger partial charge on any atom is 0.269 e. The van der Waals surface area contributed by atoms with E-state index < -0.39 is 0 Å². The summed E-state index contributed by atoms with van der Waals surface area (Å²) in [6.07, 6.45) is 4.17. The fourth-order valence-corrected chi connectivity index (χ4v) is 2.66. The van der Waals surface area contributed by atoms with E-state index >= 15 is 0 Å². The predicted molar refractivity (Wildman–Crippen MR) is 81.1 cm³/mol. The van der Waals surface area contributed by atoms with Crippen LogP contribution in [-0.4, -0.2) is 44.1 Å². The topological polar surface area (TPSA) is 57.3 Å². The molecule has 0 atom stereocenters. The molecule has 0 spiro atoms. The molecule has 5 heteroatoms. The number of pyridine rings is 1. The maximum atomic E-state index is 11.7. The largest absolute Gasteiger partial charge is 0.371 e. The van der Waals surface area contributed by atoms with Crippen molar-refractivity contribution in [3.63, 3.8) is 0 Å². The fraction of sp³-hybridized carbons (Fsp3) is 0.600. The minimum atomic E-state index is -0.134. The summed E-state index contributed by atoms with van der Waals surface area (Å²) < 4.78 is 0. The smallest absolute Gasteiger partial charge is 0.269 e. The average molecular weight is 276 g/mol. The van der Waals surface area contributed by atoms with E-state index in [4.69, 9.17) is 0 Å². The zero-order chi connectivity index (χ0) is 14.4. The fourth-order valence-electron chi connectivity index (χ4n) is 2.66. The molecule has 2 heterocycles. The molecular formula is C15H24N4O. The van der Waals surface area contributed by atoms with Crippen LogP contribution in [0.2, 0.25) is 0 Å². The van der Waals surface area contributed by atoms with Gasteiger partial charge in [-0.25, -0.2) is 0 Å². The Hall–Kier alpha value is -1.62. The first kappa shape index (κ1) is 14.8. The van der Waals surface area contributed by atoms with Crippen LogP contribution in [0.25, 0.3) is 0 Å². The van der Waals surface area contributed by atoms with Crippen molar-refractivity contribution in [1.82, 2.24) is 15.6 Å². The van der Waals surface area contributed by atoms with Gasteiger partial charge in [0.15, 0.2) is 0 Å². The Morgan fingerprint density at radius 1 is 1.50 bits per heavy atom. The molecule has 20 heavy (non-hydrogen) atoms. The highest BCUT2D eigenvalue weighted by Crippen LogP contribution is 2.20. The maximum absolute atomic E-state index is 11.7. The predicted octanol–water partition coefficient (Wildman–Crippen LogP) is 1.27. The van der Waals surface area contributed by atoms with Crippen LogP contribution in [-0.2, 0) is 0 Å². The molecule has 2 N–H and O–H groups in total. The summed E-state index contributed by atoms with van der Waals surface area (Å²) in [5, 5.41) is 6.01. The minimum Gasteiger partial charge on any atom is -0.371 e. The summed E-state index contributed by atoms with van der Waals surface area (Å²) in [6.45, 7) is 6.38. The van der Waals surface area contributed by atoms with E-state index in [0.29, 0.717) is 5.69 Å². The highest BCUT2D eigenvalue weighted by molar-refractivity contribution is 5.92. The summed E-state index contributed by atoms with van der Waals surface area (Å²) in [5.74, 6) is 0.595. The van der Waals surface area contributed by atoms with E-state index in [-0.39, 0.29) is 5.91 Å². The van der Waals surface area contributed by atoms with Gasteiger partial charge >= 0.3 is 0 Å². The Balaban J connectivity index is 2.08. The number of nitrogens with zero attached hydrogens (tertiary/aromatic N) is 2. The van der Waals surface area contributed by atoms with E-state index in [2.05, 4.69) is 27.4 Å². The summed E-state index contributed by atoms with van der Waals surface area (Å²) in [6, 6.07) is 3.86. The molecule has 0 aliphatic carbocycles. The molecule has 0 saturated carbocycles. The summed E-state index contributed by atoms with van der Waals surface area (Å²) in [5.41, 5.74) is 1.56. The number of anilines is 1. The van der Waals surface area contributed by atoms with Crippen LogP contribution in [0.5, 0.6) is 0 Å². The van der Waals surface area contributed by atoms with Gasteiger partial charge in [-0.2, -0.15) is 0 Å². The van der Waals surface area contributed by atoms with Crippen molar-refractivity contribution in [1.29, 1.82) is 0 Å². The van der Waals surface area contributed by atoms with Crippen LogP contribution in [0.1, 0.15) is 30.3 Å². The van der Waals surface area contributed by atoms with Crippen molar-refractivity contribution >= 4 is 11.6 Å². The first-order valence-electron chi connectivity index (χ1n) is 7.38. The second-order valence-corrected chi connectivity index (χ2v) is 5.21. The molecular weight excluding hydrogens is 252 g/mol. The third kappa shape index (κ3) is 3.70. The Labute approximate surface area is 120 Å². The van der Waals surface area contributed by atoms with Gasteiger partial charge in [0, 0.05) is 32.0 Å². The molecule has 0 aromatic carbocycles. The Morgan fingerprint density at radius 2 is 2.25 bits per heavy atom. The van der Waals surface area contributed by atoms with E-state index in [1.165, 1.54) is 12.8 Å². The number of carbonyl (C=O) groups excluding carboxylic acids is 1. The zero-order valence-corrected chi connectivity index (χ0v) is 12.4. The van der Waals surface area contributed by atoms with Crippen molar-refractivity contribution in [2.45, 2.75) is 19.8 Å². The Bertz CT molecular complexity index is 443. The van der Waals surface area contributed by atoms with Gasteiger partial charge in [0.1, 0.15) is 5.69 Å². The molecule has 1 aromatic rings. The normalized spacial score (nSPS) is 15.9. The first-order chi connectivity index (χ1) is 9.74. The molecule has 0 radical (unpaired) electrons. The number of carbonyl (C=O) groups is 1. The molecule has 0 unspecified atom stereocenters. The third-order valence-corrected chi connectivity index (χ3v) is 3.89. The quantitative estimate of drug-likeness (QED) is 0.850. The Kier molecular flexibility index (Phi) is 5.35. The number of amides is 1. The molecule has 1 aromatic heterocycles. The number of hydrogen-bond acceptors (Lipinski definition) is 4. The Morgan fingerprint density at radius 3 is 2.90 bits per heavy atom. The molecule has 2 rings (SSSR count). The van der Waals surface area contributed by atoms with Crippen molar-refractivity contribution in [2.24, 2.45) is 5.92 Å². The van der Waals surface area contributed by atoms with Gasteiger partial charge in [0.2, 0.25) is 0 Å². The monoisotopic (exact) mass is 276 g/mol. The molecule has 1 fully saturated rings. The van der Waals surface area contributed by atoms with Crippen molar-refractivity contribution in [3.8, 4) is 0 Å². The van der Waals surface area contributed by atoms with Gasteiger partial charge in [0.25, 0.3) is 5.91 Å². The summed E-state index contributed by atoms with van der Waals surface area (Å²) in [7, 11) is 1.63. The zero-order valence-electron chi connectivity index (χ0n) is 12.4. The van der Waals surface area contributed by atoms with E-state index in [9.17, 15) is 4.79 Å². The van der Waals surface area contributed by atoms with Crippen molar-refractivity contribution in [2.75, 3.05) is 38.1 Å². The van der Waals surface area contributed by atoms with Gasteiger partial charge in [-0.3, -0.25) is 9.78 Å². The van der Waals surface area contributed by atoms with Gasteiger partial charge in [-0.15, -0.1) is 0 Å². The van der Waals surface area contributed by atoms with Crippen LogP contribution in [0.4, 0.5) is 5.69 Å². The van der Waals surface area contributed by atoms with E-state index in [1.54, 1.807) is 13.2 Å². The third-order valence-electron chi connectivity index (χ3n) is 3.89. The molecule has 5 nitrogen and oxygen atoms in total. The minimum absolute atomic E-state index is 0.134. The van der Waals surface area contributed by atoms with Crippen LogP contribution >= 0.6 is 0 Å². The van der Waals surface area contributed by atoms with Crippen molar-refractivity contribution < 1.29 is 4.79 Å². The summed E-state index contributed by atoms with van der Waals surface area (Å²) in [4.78, 5) is 18.1. The number of hydrogen-bond donors (Lipinski definition) is 2. The number of rotatable bonds is 5. The van der Waals surface area contributed by atoms with Crippen LogP contribution in [0, 0.1) is 5.92 Å². The lowest BCUT2D eigenvalue weighted by molar-refractivity contribution is 0.0958.